The summed E-state index contributed by atoms with van der Waals surface area (Å²) in [6.45, 7) is 4.10. The van der Waals surface area contributed by atoms with Crippen LogP contribution in [0.3, 0.4) is 0 Å². The van der Waals surface area contributed by atoms with E-state index in [-0.39, 0.29) is 41.4 Å². The lowest BCUT2D eigenvalue weighted by atomic mass is 9.58. The number of phenols is 1. The van der Waals surface area contributed by atoms with Crippen molar-refractivity contribution in [3.05, 3.63) is 82.9 Å². The van der Waals surface area contributed by atoms with Crippen molar-refractivity contribution in [3.63, 3.8) is 0 Å². The van der Waals surface area contributed by atoms with Crippen molar-refractivity contribution in [3.8, 4) is 5.75 Å². The molecule has 2 aliphatic heterocycles. The second kappa shape index (κ2) is 11.8. The van der Waals surface area contributed by atoms with E-state index >= 15 is 0 Å². The van der Waals surface area contributed by atoms with Crippen molar-refractivity contribution in [2.24, 2.45) is 17.8 Å². The number of hydrogen-bond donors (Lipinski definition) is 4. The number of aromatic hydroxyl groups is 1. The number of carbonyl (C=O) groups is 2. The van der Waals surface area contributed by atoms with Gasteiger partial charge in [0.2, 0.25) is 11.8 Å². The van der Waals surface area contributed by atoms with Gasteiger partial charge < -0.3 is 24.8 Å². The Labute approximate surface area is 251 Å². The summed E-state index contributed by atoms with van der Waals surface area (Å²) in [5.41, 5.74) is 4.78. The number of benzene rings is 3. The summed E-state index contributed by atoms with van der Waals surface area (Å²) in [5.74, 6) is -1.85. The quantitative estimate of drug-likeness (QED) is 0.191. The Morgan fingerprint density at radius 2 is 1.81 bits per heavy atom. The minimum absolute atomic E-state index is 0.199. The lowest BCUT2D eigenvalue weighted by Crippen LogP contribution is -2.46. The number of carbonyl (C=O) groups excluding carboxylic acids is 2. The molecule has 3 aliphatic rings. The highest BCUT2D eigenvalue weighted by atomic mass is 16.5. The molecule has 0 spiro atoms. The molecule has 4 N–H and O–H groups in total. The standard InChI is InChI=1S/C33H35B2NO7/c1-3-20(16-21-12-13-28(37)25-10-5-4-9-24(21)25)11-14-29-30-19(2)15-26-31(27(30)18-34(40)43-29)33(39)36(32(26)38)23-8-6-7-22(17-23)35(41)42/h4-10,12-13,16-17,26-27,29,31,37,40-42H,3,11,14-15,18H2,1-2H3/b20-16+/t26-,27+,29-,31-/m1/s1. The van der Waals surface area contributed by atoms with E-state index < -0.39 is 26.1 Å². The topological polar surface area (TPSA) is 128 Å². The average Bonchev–Trinajstić information content (AvgIpc) is 3.25. The number of allylic oxidation sites excluding steroid dienone is 2. The van der Waals surface area contributed by atoms with Crippen LogP contribution in [0, 0.1) is 17.8 Å². The molecular formula is C33H35B2NO7. The Bertz CT molecular complexity index is 1650. The van der Waals surface area contributed by atoms with E-state index in [2.05, 4.69) is 13.0 Å². The first-order valence-corrected chi connectivity index (χ1v) is 14.9. The first-order valence-electron chi connectivity index (χ1n) is 14.9. The monoisotopic (exact) mass is 579 g/mol. The van der Waals surface area contributed by atoms with Crippen molar-refractivity contribution >= 4 is 54.0 Å². The van der Waals surface area contributed by atoms with Crippen LogP contribution in [0.4, 0.5) is 5.69 Å². The largest absolute Gasteiger partial charge is 0.507 e. The normalized spacial score (nSPS) is 24.1. The number of nitrogens with zero attached hydrogens (tertiary/aromatic N) is 1. The van der Waals surface area contributed by atoms with Crippen molar-refractivity contribution < 1.29 is 34.4 Å². The van der Waals surface area contributed by atoms with E-state index in [0.29, 0.717) is 18.5 Å². The summed E-state index contributed by atoms with van der Waals surface area (Å²) < 4.78 is 6.09. The third-order valence-electron chi connectivity index (χ3n) is 9.36. The van der Waals surface area contributed by atoms with E-state index in [1.807, 2.05) is 37.3 Å². The molecule has 43 heavy (non-hydrogen) atoms. The lowest BCUT2D eigenvalue weighted by Gasteiger charge is -2.42. The Balaban J connectivity index is 1.26. The molecule has 0 aromatic heterocycles. The highest BCUT2D eigenvalue weighted by Crippen LogP contribution is 2.51. The smallest absolute Gasteiger partial charge is 0.488 e. The van der Waals surface area contributed by atoms with E-state index in [9.17, 15) is 29.8 Å². The van der Waals surface area contributed by atoms with Gasteiger partial charge in [-0.25, -0.2) is 0 Å². The molecule has 2 amide bonds. The van der Waals surface area contributed by atoms with Crippen molar-refractivity contribution in [2.75, 3.05) is 4.90 Å². The molecule has 2 saturated heterocycles. The molecule has 2 heterocycles. The van der Waals surface area contributed by atoms with E-state index in [0.717, 1.165) is 40.3 Å². The molecule has 2 fully saturated rings. The zero-order valence-corrected chi connectivity index (χ0v) is 24.3. The summed E-state index contributed by atoms with van der Waals surface area (Å²) in [6.07, 6.45) is 4.61. The zero-order valence-electron chi connectivity index (χ0n) is 24.3. The fourth-order valence-electron chi connectivity index (χ4n) is 7.32. The molecule has 4 atom stereocenters. The molecule has 3 aromatic rings. The number of fused-ring (bicyclic) bond motifs is 4. The Kier molecular flexibility index (Phi) is 8.04. The molecule has 1 aliphatic carbocycles. The Morgan fingerprint density at radius 1 is 1.05 bits per heavy atom. The van der Waals surface area contributed by atoms with Crippen molar-refractivity contribution in [1.82, 2.24) is 0 Å². The van der Waals surface area contributed by atoms with Crippen LogP contribution in [0.15, 0.2) is 77.4 Å². The molecule has 0 radical (unpaired) electrons. The summed E-state index contributed by atoms with van der Waals surface area (Å²) >= 11 is 0. The fourth-order valence-corrected chi connectivity index (χ4v) is 7.32. The van der Waals surface area contributed by atoms with Gasteiger partial charge in [-0.15, -0.1) is 0 Å². The molecule has 3 aromatic carbocycles. The van der Waals surface area contributed by atoms with Gasteiger partial charge in [-0.1, -0.05) is 66.6 Å². The van der Waals surface area contributed by atoms with Crippen LogP contribution in [0.25, 0.3) is 16.8 Å². The number of amides is 2. The third-order valence-corrected chi connectivity index (χ3v) is 9.36. The fraction of sp³-hybridized carbons (Fsp3) is 0.333. The zero-order chi connectivity index (χ0) is 30.4. The highest BCUT2D eigenvalue weighted by molar-refractivity contribution is 6.58. The second-order valence-corrected chi connectivity index (χ2v) is 11.9. The first-order chi connectivity index (χ1) is 20.7. The number of imide groups is 1. The van der Waals surface area contributed by atoms with Gasteiger partial charge in [-0.05, 0) is 85.0 Å². The maximum atomic E-state index is 13.9. The van der Waals surface area contributed by atoms with E-state index in [4.69, 9.17) is 4.65 Å². The third kappa shape index (κ3) is 5.33. The van der Waals surface area contributed by atoms with Gasteiger partial charge in [0.15, 0.2) is 0 Å². The number of rotatable bonds is 7. The minimum atomic E-state index is -1.72. The lowest BCUT2D eigenvalue weighted by molar-refractivity contribution is -0.122. The number of anilines is 1. The van der Waals surface area contributed by atoms with Gasteiger partial charge in [-0.3, -0.25) is 14.5 Å². The number of phenolic OH excluding ortho intramolecular Hbond substituents is 1. The maximum absolute atomic E-state index is 13.9. The Hall–Kier alpha value is -3.69. The minimum Gasteiger partial charge on any atom is -0.507 e. The van der Waals surface area contributed by atoms with Crippen LogP contribution in [0.2, 0.25) is 6.32 Å². The second-order valence-electron chi connectivity index (χ2n) is 11.9. The summed E-state index contributed by atoms with van der Waals surface area (Å²) in [4.78, 5) is 28.6. The van der Waals surface area contributed by atoms with Crippen LogP contribution in [-0.2, 0) is 14.2 Å². The van der Waals surface area contributed by atoms with Gasteiger partial charge in [0.1, 0.15) is 5.75 Å². The summed E-state index contributed by atoms with van der Waals surface area (Å²) in [5, 5.41) is 42.1. The first kappa shape index (κ1) is 29.4. The molecule has 0 saturated carbocycles. The van der Waals surface area contributed by atoms with Crippen LogP contribution >= 0.6 is 0 Å². The van der Waals surface area contributed by atoms with Crippen molar-refractivity contribution in [1.29, 1.82) is 0 Å². The molecular weight excluding hydrogens is 544 g/mol. The van der Waals surface area contributed by atoms with Crippen LogP contribution < -0.4 is 10.4 Å². The van der Waals surface area contributed by atoms with Gasteiger partial charge in [0.25, 0.3) is 0 Å². The van der Waals surface area contributed by atoms with E-state index in [1.165, 1.54) is 22.6 Å². The van der Waals surface area contributed by atoms with Gasteiger partial charge in [-0.2, -0.15) is 0 Å². The Morgan fingerprint density at radius 3 is 2.56 bits per heavy atom. The molecule has 0 bridgehead atoms. The average molecular weight is 579 g/mol. The van der Waals surface area contributed by atoms with Gasteiger partial charge in [0.05, 0.1) is 23.6 Å². The molecule has 10 heteroatoms. The SMILES string of the molecule is CC/C(=C\c1ccc(O)c2ccccc12)CC[C@H]1OB(O)C[C@H]2C1=C(C)C[C@H]1C(=O)N(c3cccc(B(O)O)c3)C(=O)[C@H]12. The van der Waals surface area contributed by atoms with Gasteiger partial charge >= 0.3 is 14.2 Å². The highest BCUT2D eigenvalue weighted by Gasteiger charge is 2.57. The molecule has 220 valence electrons. The summed E-state index contributed by atoms with van der Waals surface area (Å²) in [6, 6.07) is 17.6. The predicted molar refractivity (Wildman–Crippen MR) is 167 cm³/mol. The summed E-state index contributed by atoms with van der Waals surface area (Å²) in [7, 11) is -2.77. The maximum Gasteiger partial charge on any atom is 0.488 e. The number of hydrogen-bond acceptors (Lipinski definition) is 7. The molecule has 6 rings (SSSR count). The van der Waals surface area contributed by atoms with Crippen LogP contribution in [0.1, 0.15) is 45.1 Å². The molecule has 0 unspecified atom stereocenters. The van der Waals surface area contributed by atoms with Crippen molar-refractivity contribution in [2.45, 2.75) is 52.0 Å². The van der Waals surface area contributed by atoms with Crippen LogP contribution in [-0.4, -0.2) is 52.3 Å². The van der Waals surface area contributed by atoms with Gasteiger partial charge in [0, 0.05) is 5.39 Å². The molecule has 8 nitrogen and oxygen atoms in total. The van der Waals surface area contributed by atoms with E-state index in [1.54, 1.807) is 18.2 Å². The van der Waals surface area contributed by atoms with Crippen LogP contribution in [0.5, 0.6) is 5.75 Å². The predicted octanol–water partition coefficient (Wildman–Crippen LogP) is 3.82.